The molecule has 2 atom stereocenters. The average molecular weight is 331 g/mol. The molecule has 2 unspecified atom stereocenters. The van der Waals surface area contributed by atoms with Gasteiger partial charge in [0.05, 0.1) is 29.2 Å². The number of rotatable bonds is 4. The lowest BCUT2D eigenvalue weighted by Crippen LogP contribution is -2.49. The first kappa shape index (κ1) is 16.6. The fourth-order valence-corrected chi connectivity index (χ4v) is 2.74. The van der Waals surface area contributed by atoms with Crippen molar-refractivity contribution >= 4 is 29.1 Å². The first-order valence-corrected chi connectivity index (χ1v) is 7.89. The highest BCUT2D eigenvalue weighted by atomic mass is 35.5. The largest absolute Gasteiger partial charge is 0.370 e. The summed E-state index contributed by atoms with van der Waals surface area (Å²) < 4.78 is 5.74. The van der Waals surface area contributed by atoms with Crippen molar-refractivity contribution in [1.82, 2.24) is 4.90 Å². The number of nitrogens with two attached hydrogens (primary N) is 1. The van der Waals surface area contributed by atoms with E-state index in [4.69, 9.17) is 33.7 Å². The maximum atomic E-state index is 12.3. The molecule has 2 N–H and O–H groups in total. The Balaban J connectivity index is 2.06. The Labute approximate surface area is 135 Å². The van der Waals surface area contributed by atoms with E-state index in [-0.39, 0.29) is 12.0 Å². The van der Waals surface area contributed by atoms with Crippen LogP contribution in [0.1, 0.15) is 31.4 Å². The van der Waals surface area contributed by atoms with Gasteiger partial charge in [-0.2, -0.15) is 0 Å². The number of hydrogen-bond donors (Lipinski definition) is 1. The fraction of sp³-hybridized carbons (Fsp3) is 0.533. The van der Waals surface area contributed by atoms with Gasteiger partial charge in [0.2, 0.25) is 5.91 Å². The number of halogens is 2. The average Bonchev–Trinajstić information content (AvgIpc) is 2.49. The predicted molar refractivity (Wildman–Crippen MR) is 84.6 cm³/mol. The molecule has 0 spiro atoms. The molecular weight excluding hydrogens is 311 g/mol. The molecule has 6 heteroatoms. The van der Waals surface area contributed by atoms with Crippen LogP contribution in [0.4, 0.5) is 0 Å². The number of morpholine rings is 1. The smallest absolute Gasteiger partial charge is 0.239 e. The summed E-state index contributed by atoms with van der Waals surface area (Å²) in [5, 5.41) is 0.998. The minimum atomic E-state index is -0.428. The van der Waals surface area contributed by atoms with Gasteiger partial charge in [-0.05, 0) is 24.1 Å². The fourth-order valence-electron chi connectivity index (χ4n) is 2.43. The molecule has 1 saturated heterocycles. The van der Waals surface area contributed by atoms with Crippen LogP contribution in [0.3, 0.4) is 0 Å². The third-order valence-corrected chi connectivity index (χ3v) is 4.35. The Morgan fingerprint density at radius 1 is 1.48 bits per heavy atom. The van der Waals surface area contributed by atoms with Gasteiger partial charge in [0.1, 0.15) is 6.10 Å². The van der Waals surface area contributed by atoms with Crippen molar-refractivity contribution < 1.29 is 9.53 Å². The summed E-state index contributed by atoms with van der Waals surface area (Å²) in [7, 11) is 0. The maximum absolute atomic E-state index is 12.3. The lowest BCUT2D eigenvalue weighted by molar-refractivity contribution is -0.140. The van der Waals surface area contributed by atoms with E-state index in [0.717, 1.165) is 12.0 Å². The molecule has 0 saturated carbocycles. The number of ether oxygens (including phenoxy) is 1. The lowest BCUT2D eigenvalue weighted by atomic mass is 10.1. The lowest BCUT2D eigenvalue weighted by Gasteiger charge is -2.34. The zero-order valence-electron chi connectivity index (χ0n) is 12.0. The molecule has 1 aromatic rings. The second-order valence-corrected chi connectivity index (χ2v) is 6.03. The summed E-state index contributed by atoms with van der Waals surface area (Å²) in [5.74, 6) is -0.00906. The van der Waals surface area contributed by atoms with Crippen molar-refractivity contribution in [2.24, 2.45) is 5.73 Å². The zero-order valence-corrected chi connectivity index (χ0v) is 13.5. The normalized spacial score (nSPS) is 20.4. The van der Waals surface area contributed by atoms with Crippen molar-refractivity contribution in [3.05, 3.63) is 33.8 Å². The topological polar surface area (TPSA) is 55.6 Å². The minimum absolute atomic E-state index is 0.00906. The van der Waals surface area contributed by atoms with Gasteiger partial charge in [-0.3, -0.25) is 4.79 Å². The van der Waals surface area contributed by atoms with Crippen molar-refractivity contribution in [2.75, 3.05) is 19.7 Å². The molecule has 0 radical (unpaired) electrons. The SMILES string of the molecule is CCCC(N)C(=O)N1CCOC(c2ccc(Cl)c(Cl)c2)C1. The summed E-state index contributed by atoms with van der Waals surface area (Å²) in [6.07, 6.45) is 1.41. The first-order valence-electron chi connectivity index (χ1n) is 7.13. The van der Waals surface area contributed by atoms with E-state index in [1.807, 2.05) is 13.0 Å². The standard InChI is InChI=1S/C15H20Cl2N2O2/c1-2-3-13(18)15(20)19-6-7-21-14(9-19)10-4-5-11(16)12(17)8-10/h4-5,8,13-14H,2-3,6-7,9,18H2,1H3. The molecule has 1 aliphatic heterocycles. The Bertz CT molecular complexity index is 510. The first-order chi connectivity index (χ1) is 10.0. The van der Waals surface area contributed by atoms with Crippen LogP contribution in [0.2, 0.25) is 10.0 Å². The summed E-state index contributed by atoms with van der Waals surface area (Å²) in [6.45, 7) is 3.59. The van der Waals surface area contributed by atoms with Gasteiger partial charge in [-0.25, -0.2) is 0 Å². The molecule has 116 valence electrons. The molecule has 4 nitrogen and oxygen atoms in total. The van der Waals surface area contributed by atoms with Crippen LogP contribution in [0.5, 0.6) is 0 Å². The molecule has 1 aromatic carbocycles. The summed E-state index contributed by atoms with van der Waals surface area (Å²) in [5.41, 5.74) is 6.84. The number of benzene rings is 1. The van der Waals surface area contributed by atoms with E-state index in [9.17, 15) is 4.79 Å². The Morgan fingerprint density at radius 2 is 2.24 bits per heavy atom. The number of carbonyl (C=O) groups is 1. The van der Waals surface area contributed by atoms with Crippen LogP contribution in [0, 0.1) is 0 Å². The van der Waals surface area contributed by atoms with Gasteiger partial charge >= 0.3 is 0 Å². The monoisotopic (exact) mass is 330 g/mol. The molecule has 1 heterocycles. The summed E-state index contributed by atoms with van der Waals surface area (Å²) in [6, 6.07) is 4.97. The molecule has 0 bridgehead atoms. The predicted octanol–water partition coefficient (Wildman–Crippen LogP) is 3.02. The Morgan fingerprint density at radius 3 is 2.90 bits per heavy atom. The quantitative estimate of drug-likeness (QED) is 0.923. The number of nitrogens with zero attached hydrogens (tertiary/aromatic N) is 1. The van der Waals surface area contributed by atoms with Crippen LogP contribution in [0.25, 0.3) is 0 Å². The highest BCUT2D eigenvalue weighted by Crippen LogP contribution is 2.29. The van der Waals surface area contributed by atoms with Crippen LogP contribution in [-0.2, 0) is 9.53 Å². The van der Waals surface area contributed by atoms with Gasteiger partial charge in [0.25, 0.3) is 0 Å². The number of hydrogen-bond acceptors (Lipinski definition) is 3. The number of carbonyl (C=O) groups excluding carboxylic acids is 1. The third kappa shape index (κ3) is 4.10. The second-order valence-electron chi connectivity index (χ2n) is 5.21. The van der Waals surface area contributed by atoms with E-state index in [0.29, 0.717) is 36.2 Å². The van der Waals surface area contributed by atoms with E-state index in [1.54, 1.807) is 17.0 Å². The molecule has 0 aromatic heterocycles. The third-order valence-electron chi connectivity index (χ3n) is 3.61. The van der Waals surface area contributed by atoms with E-state index >= 15 is 0 Å². The summed E-state index contributed by atoms with van der Waals surface area (Å²) >= 11 is 12.0. The van der Waals surface area contributed by atoms with Gasteiger partial charge < -0.3 is 15.4 Å². The molecule has 1 amide bonds. The molecule has 1 aliphatic rings. The van der Waals surface area contributed by atoms with Gasteiger partial charge in [-0.15, -0.1) is 0 Å². The van der Waals surface area contributed by atoms with E-state index in [1.165, 1.54) is 0 Å². The van der Waals surface area contributed by atoms with Crippen LogP contribution < -0.4 is 5.73 Å². The van der Waals surface area contributed by atoms with Gasteiger partial charge in [0, 0.05) is 6.54 Å². The Kier molecular flexibility index (Phi) is 5.88. The van der Waals surface area contributed by atoms with Crippen molar-refractivity contribution in [3.8, 4) is 0 Å². The molecular formula is C15H20Cl2N2O2. The molecule has 2 rings (SSSR count). The van der Waals surface area contributed by atoms with Crippen molar-refractivity contribution in [1.29, 1.82) is 0 Å². The van der Waals surface area contributed by atoms with Crippen LogP contribution >= 0.6 is 23.2 Å². The van der Waals surface area contributed by atoms with Gasteiger partial charge in [0.15, 0.2) is 0 Å². The van der Waals surface area contributed by atoms with Crippen molar-refractivity contribution in [2.45, 2.75) is 31.9 Å². The number of amides is 1. The Hall–Kier alpha value is -0.810. The molecule has 1 fully saturated rings. The minimum Gasteiger partial charge on any atom is -0.370 e. The summed E-state index contributed by atoms with van der Waals surface area (Å²) in [4.78, 5) is 14.1. The zero-order chi connectivity index (χ0) is 15.4. The van der Waals surface area contributed by atoms with Crippen LogP contribution in [-0.4, -0.2) is 36.5 Å². The molecule has 0 aliphatic carbocycles. The van der Waals surface area contributed by atoms with Gasteiger partial charge in [-0.1, -0.05) is 42.6 Å². The van der Waals surface area contributed by atoms with E-state index < -0.39 is 6.04 Å². The second kappa shape index (κ2) is 7.45. The molecule has 21 heavy (non-hydrogen) atoms. The van der Waals surface area contributed by atoms with Crippen LogP contribution in [0.15, 0.2) is 18.2 Å². The van der Waals surface area contributed by atoms with Crippen molar-refractivity contribution in [3.63, 3.8) is 0 Å². The maximum Gasteiger partial charge on any atom is 0.239 e. The highest BCUT2D eigenvalue weighted by Gasteiger charge is 2.28. The highest BCUT2D eigenvalue weighted by molar-refractivity contribution is 6.42. The van der Waals surface area contributed by atoms with E-state index in [2.05, 4.69) is 0 Å².